The van der Waals surface area contributed by atoms with Crippen LogP contribution in [0.2, 0.25) is 0 Å². The smallest absolute Gasteiger partial charge is 0.338 e. The van der Waals surface area contributed by atoms with Crippen molar-refractivity contribution in [2.45, 2.75) is 6.42 Å². The maximum absolute atomic E-state index is 11.9. The molecule has 2 rings (SSSR count). The van der Waals surface area contributed by atoms with Crippen LogP contribution in [0.15, 0.2) is 54.6 Å². The number of carbonyl (C=O) groups is 4. The van der Waals surface area contributed by atoms with Crippen LogP contribution in [0.25, 0.3) is 0 Å². The summed E-state index contributed by atoms with van der Waals surface area (Å²) < 4.78 is 9.40. The molecule has 0 fully saturated rings. The number of amides is 2. The summed E-state index contributed by atoms with van der Waals surface area (Å²) in [5.41, 5.74) is 1.22. The molecule has 0 saturated carbocycles. The lowest BCUT2D eigenvalue weighted by atomic mass is 10.1. The van der Waals surface area contributed by atoms with Crippen LogP contribution in [0.5, 0.6) is 0 Å². The minimum absolute atomic E-state index is 0.0511. The third-order valence-corrected chi connectivity index (χ3v) is 3.36. The quantitative estimate of drug-likeness (QED) is 0.789. The third-order valence-electron chi connectivity index (χ3n) is 3.36. The van der Waals surface area contributed by atoms with E-state index in [2.05, 4.69) is 10.1 Å². The van der Waals surface area contributed by atoms with Crippen LogP contribution in [-0.2, 0) is 25.5 Å². The first-order valence-corrected chi connectivity index (χ1v) is 7.71. The Labute approximate surface area is 149 Å². The third kappa shape index (κ3) is 5.55. The number of methoxy groups -OCH3 is 1. The van der Waals surface area contributed by atoms with Crippen molar-refractivity contribution >= 4 is 23.8 Å². The molecule has 134 valence electrons. The summed E-state index contributed by atoms with van der Waals surface area (Å²) in [4.78, 5) is 46.6. The van der Waals surface area contributed by atoms with Gasteiger partial charge >= 0.3 is 11.9 Å². The molecule has 0 aliphatic heterocycles. The molecule has 0 aliphatic rings. The number of benzene rings is 2. The van der Waals surface area contributed by atoms with Gasteiger partial charge in [-0.3, -0.25) is 14.9 Å². The van der Waals surface area contributed by atoms with Gasteiger partial charge in [0, 0.05) is 0 Å². The number of carbonyl (C=O) groups excluding carboxylic acids is 4. The molecule has 0 unspecified atom stereocenters. The van der Waals surface area contributed by atoms with E-state index in [4.69, 9.17) is 4.74 Å². The molecule has 7 nitrogen and oxygen atoms in total. The van der Waals surface area contributed by atoms with Crippen LogP contribution in [0.3, 0.4) is 0 Å². The van der Waals surface area contributed by atoms with Crippen LogP contribution in [-0.4, -0.2) is 37.5 Å². The molecule has 0 bridgehead atoms. The van der Waals surface area contributed by atoms with Crippen molar-refractivity contribution in [2.75, 3.05) is 13.7 Å². The lowest BCUT2D eigenvalue weighted by Gasteiger charge is -2.06. The molecule has 0 aliphatic carbocycles. The van der Waals surface area contributed by atoms with Crippen LogP contribution >= 0.6 is 0 Å². The van der Waals surface area contributed by atoms with Crippen molar-refractivity contribution in [1.82, 2.24) is 5.32 Å². The van der Waals surface area contributed by atoms with E-state index < -0.39 is 30.4 Å². The number of nitrogens with one attached hydrogen (secondary N) is 1. The molecule has 7 heteroatoms. The Hall–Kier alpha value is -3.48. The summed E-state index contributed by atoms with van der Waals surface area (Å²) >= 11 is 0. The predicted octanol–water partition coefficient (Wildman–Crippen LogP) is 1.52. The predicted molar refractivity (Wildman–Crippen MR) is 91.4 cm³/mol. The maximum atomic E-state index is 11.9. The van der Waals surface area contributed by atoms with Crippen LogP contribution in [0, 0.1) is 0 Å². The van der Waals surface area contributed by atoms with E-state index in [1.165, 1.54) is 31.4 Å². The van der Waals surface area contributed by atoms with Gasteiger partial charge in [0.1, 0.15) is 0 Å². The summed E-state index contributed by atoms with van der Waals surface area (Å²) in [6.45, 7) is -0.585. The second-order valence-electron chi connectivity index (χ2n) is 5.28. The van der Waals surface area contributed by atoms with Crippen molar-refractivity contribution in [3.8, 4) is 0 Å². The standard InChI is InChI=1S/C19H17NO6/c1-25-18(23)14-7-9-15(10-8-14)19(24)26-12-17(22)20-16(21)11-13-5-3-2-4-6-13/h2-10H,11-12H2,1H3,(H,20,21,22). The Kier molecular flexibility index (Phi) is 6.61. The zero-order chi connectivity index (χ0) is 18.9. The Morgan fingerprint density at radius 2 is 1.38 bits per heavy atom. The van der Waals surface area contributed by atoms with Gasteiger partial charge in [-0.2, -0.15) is 0 Å². The number of esters is 2. The SMILES string of the molecule is COC(=O)c1ccc(C(=O)OCC(=O)NC(=O)Cc2ccccc2)cc1. The summed E-state index contributed by atoms with van der Waals surface area (Å²) in [5.74, 6) is -2.47. The largest absolute Gasteiger partial charge is 0.465 e. The lowest BCUT2D eigenvalue weighted by Crippen LogP contribution is -2.35. The zero-order valence-electron chi connectivity index (χ0n) is 14.1. The molecular weight excluding hydrogens is 338 g/mol. The van der Waals surface area contributed by atoms with E-state index in [0.717, 1.165) is 5.56 Å². The van der Waals surface area contributed by atoms with Gasteiger partial charge in [-0.1, -0.05) is 30.3 Å². The first-order valence-electron chi connectivity index (χ1n) is 7.71. The molecule has 2 aromatic rings. The Balaban J connectivity index is 1.80. The first kappa shape index (κ1) is 18.9. The molecule has 0 radical (unpaired) electrons. The Morgan fingerprint density at radius 3 is 1.96 bits per heavy atom. The lowest BCUT2D eigenvalue weighted by molar-refractivity contribution is -0.132. The fraction of sp³-hybridized carbons (Fsp3) is 0.158. The average molecular weight is 355 g/mol. The van der Waals surface area contributed by atoms with Crippen molar-refractivity contribution < 1.29 is 28.7 Å². The first-order chi connectivity index (χ1) is 12.5. The summed E-state index contributed by atoms with van der Waals surface area (Å²) in [6, 6.07) is 14.5. The van der Waals surface area contributed by atoms with Crippen molar-refractivity contribution in [2.24, 2.45) is 0 Å². The minimum Gasteiger partial charge on any atom is -0.465 e. The average Bonchev–Trinajstić information content (AvgIpc) is 2.66. The van der Waals surface area contributed by atoms with Gasteiger partial charge in [0.15, 0.2) is 6.61 Å². The zero-order valence-corrected chi connectivity index (χ0v) is 14.1. The van der Waals surface area contributed by atoms with Gasteiger partial charge in [0.25, 0.3) is 5.91 Å². The van der Waals surface area contributed by atoms with Gasteiger partial charge in [0.2, 0.25) is 5.91 Å². The molecule has 2 aromatic carbocycles. The molecule has 0 aromatic heterocycles. The number of rotatable bonds is 6. The molecule has 0 heterocycles. The second kappa shape index (κ2) is 9.12. The van der Waals surface area contributed by atoms with E-state index in [9.17, 15) is 19.2 Å². The van der Waals surface area contributed by atoms with E-state index in [1.54, 1.807) is 24.3 Å². The summed E-state index contributed by atoms with van der Waals surface area (Å²) in [6.07, 6.45) is 0.0511. The van der Waals surface area contributed by atoms with Gasteiger partial charge in [-0.15, -0.1) is 0 Å². The number of hydrogen-bond acceptors (Lipinski definition) is 6. The number of imide groups is 1. The van der Waals surface area contributed by atoms with Crippen molar-refractivity contribution in [1.29, 1.82) is 0 Å². The van der Waals surface area contributed by atoms with Crippen LogP contribution < -0.4 is 5.32 Å². The van der Waals surface area contributed by atoms with Gasteiger partial charge < -0.3 is 9.47 Å². The number of ether oxygens (including phenoxy) is 2. The van der Waals surface area contributed by atoms with Gasteiger partial charge in [-0.25, -0.2) is 9.59 Å². The molecule has 0 spiro atoms. The van der Waals surface area contributed by atoms with Crippen LogP contribution in [0.1, 0.15) is 26.3 Å². The summed E-state index contributed by atoms with van der Waals surface area (Å²) in [5, 5.41) is 2.15. The Bertz CT molecular complexity index is 799. The monoisotopic (exact) mass is 355 g/mol. The highest BCUT2D eigenvalue weighted by atomic mass is 16.5. The Morgan fingerprint density at radius 1 is 0.808 bits per heavy atom. The normalized spacial score (nSPS) is 9.88. The number of hydrogen-bond donors (Lipinski definition) is 1. The topological polar surface area (TPSA) is 98.8 Å². The highest BCUT2D eigenvalue weighted by Gasteiger charge is 2.14. The van der Waals surface area contributed by atoms with Crippen molar-refractivity contribution in [3.63, 3.8) is 0 Å². The minimum atomic E-state index is -0.743. The molecular formula is C19H17NO6. The fourth-order valence-corrected chi connectivity index (χ4v) is 2.09. The van der Waals surface area contributed by atoms with E-state index >= 15 is 0 Å². The fourth-order valence-electron chi connectivity index (χ4n) is 2.09. The van der Waals surface area contributed by atoms with Crippen molar-refractivity contribution in [3.05, 3.63) is 71.3 Å². The molecule has 26 heavy (non-hydrogen) atoms. The van der Waals surface area contributed by atoms with E-state index in [0.29, 0.717) is 0 Å². The van der Waals surface area contributed by atoms with Gasteiger partial charge in [0.05, 0.1) is 24.7 Å². The summed E-state index contributed by atoms with van der Waals surface area (Å²) in [7, 11) is 1.25. The van der Waals surface area contributed by atoms with Crippen LogP contribution in [0.4, 0.5) is 0 Å². The second-order valence-corrected chi connectivity index (χ2v) is 5.28. The molecule has 2 amide bonds. The maximum Gasteiger partial charge on any atom is 0.338 e. The molecule has 0 saturated heterocycles. The van der Waals surface area contributed by atoms with E-state index in [1.807, 2.05) is 6.07 Å². The van der Waals surface area contributed by atoms with Gasteiger partial charge in [-0.05, 0) is 29.8 Å². The molecule has 1 N–H and O–H groups in total. The molecule has 0 atom stereocenters. The highest BCUT2D eigenvalue weighted by Crippen LogP contribution is 2.07. The highest BCUT2D eigenvalue weighted by molar-refractivity contribution is 5.98. The van der Waals surface area contributed by atoms with E-state index in [-0.39, 0.29) is 17.5 Å².